The Labute approximate surface area is 135 Å². The number of fused-ring (bicyclic) bond motifs is 1. The lowest BCUT2D eigenvalue weighted by Gasteiger charge is -2.06. The van der Waals surface area contributed by atoms with Crippen LogP contribution in [0.3, 0.4) is 0 Å². The lowest BCUT2D eigenvalue weighted by atomic mass is 10.1. The lowest BCUT2D eigenvalue weighted by Crippen LogP contribution is -2.09. The average molecular weight is 325 g/mol. The van der Waals surface area contributed by atoms with Gasteiger partial charge in [0.2, 0.25) is 0 Å². The number of hydrogen-bond donors (Lipinski definition) is 0. The molecular weight excluding hydrogens is 314 g/mol. The Morgan fingerprint density at radius 1 is 1.12 bits per heavy atom. The highest BCUT2D eigenvalue weighted by Crippen LogP contribution is 2.22. The van der Waals surface area contributed by atoms with E-state index in [1.807, 2.05) is 0 Å². The molecule has 3 aromatic rings. The molecule has 2 aromatic carbocycles. The van der Waals surface area contributed by atoms with Crippen molar-refractivity contribution in [2.75, 3.05) is 0 Å². The van der Waals surface area contributed by atoms with Crippen LogP contribution in [0, 0.1) is 17.0 Å². The fourth-order valence-electron chi connectivity index (χ4n) is 2.26. The molecule has 0 saturated heterocycles. The van der Waals surface area contributed by atoms with Gasteiger partial charge in [-0.25, -0.2) is 9.59 Å². The molecule has 0 aliphatic rings. The van der Waals surface area contributed by atoms with Crippen LogP contribution in [0.25, 0.3) is 11.0 Å². The van der Waals surface area contributed by atoms with Crippen molar-refractivity contribution in [2.45, 2.75) is 6.92 Å². The molecule has 120 valence electrons. The first-order chi connectivity index (χ1) is 11.4. The molecule has 0 N–H and O–H groups in total. The van der Waals surface area contributed by atoms with E-state index >= 15 is 0 Å². The van der Waals surface area contributed by atoms with Crippen molar-refractivity contribution < 1.29 is 18.9 Å². The summed E-state index contributed by atoms with van der Waals surface area (Å²) in [6, 6.07) is 11.5. The Hall–Kier alpha value is -3.48. The Kier molecular flexibility index (Phi) is 3.83. The molecule has 0 aliphatic carbocycles. The summed E-state index contributed by atoms with van der Waals surface area (Å²) in [5, 5.41) is 11.5. The third-order valence-corrected chi connectivity index (χ3v) is 3.43. The molecule has 0 aliphatic heterocycles. The van der Waals surface area contributed by atoms with Gasteiger partial charge in [-0.3, -0.25) is 10.1 Å². The number of rotatable bonds is 3. The van der Waals surface area contributed by atoms with Gasteiger partial charge < -0.3 is 9.15 Å². The third-order valence-electron chi connectivity index (χ3n) is 3.43. The number of nitro groups is 1. The standard InChI is InChI=1S/C17H11NO6/c1-10-8-12(3-6-14(10)18(21)22)17(20)23-13-5-2-11-4-7-16(19)24-15(11)9-13/h2-9H,1H3. The quantitative estimate of drug-likeness (QED) is 0.241. The smallest absolute Gasteiger partial charge is 0.343 e. The summed E-state index contributed by atoms with van der Waals surface area (Å²) in [5.74, 6) is -0.455. The van der Waals surface area contributed by atoms with Crippen LogP contribution in [0.4, 0.5) is 5.69 Å². The van der Waals surface area contributed by atoms with Crippen LogP contribution >= 0.6 is 0 Å². The number of esters is 1. The average Bonchev–Trinajstić information content (AvgIpc) is 2.54. The molecule has 0 amide bonds. The Balaban J connectivity index is 1.88. The normalized spacial score (nSPS) is 10.5. The summed E-state index contributed by atoms with van der Waals surface area (Å²) in [5.41, 5.74) is 0.273. The zero-order chi connectivity index (χ0) is 17.3. The molecule has 7 nitrogen and oxygen atoms in total. The van der Waals surface area contributed by atoms with Gasteiger partial charge >= 0.3 is 11.6 Å². The second-order valence-electron chi connectivity index (χ2n) is 5.10. The predicted molar refractivity (Wildman–Crippen MR) is 85.3 cm³/mol. The molecule has 0 saturated carbocycles. The molecule has 0 spiro atoms. The minimum atomic E-state index is -0.661. The number of carbonyl (C=O) groups is 1. The van der Waals surface area contributed by atoms with Crippen molar-refractivity contribution in [1.82, 2.24) is 0 Å². The monoisotopic (exact) mass is 325 g/mol. The number of ether oxygens (including phenoxy) is 1. The maximum absolute atomic E-state index is 12.2. The number of aryl methyl sites for hydroxylation is 1. The summed E-state index contributed by atoms with van der Waals surface area (Å²) in [4.78, 5) is 33.7. The SMILES string of the molecule is Cc1cc(C(=O)Oc2ccc3ccc(=O)oc3c2)ccc1[N+](=O)[O-]. The minimum absolute atomic E-state index is 0.0703. The van der Waals surface area contributed by atoms with Crippen LogP contribution in [0.1, 0.15) is 15.9 Å². The lowest BCUT2D eigenvalue weighted by molar-refractivity contribution is -0.385. The largest absolute Gasteiger partial charge is 0.423 e. The van der Waals surface area contributed by atoms with Gasteiger partial charge in [-0.15, -0.1) is 0 Å². The van der Waals surface area contributed by atoms with Crippen molar-refractivity contribution in [1.29, 1.82) is 0 Å². The van der Waals surface area contributed by atoms with Gasteiger partial charge in [-0.1, -0.05) is 0 Å². The number of carbonyl (C=O) groups excluding carboxylic acids is 1. The van der Waals surface area contributed by atoms with Crippen LogP contribution in [-0.2, 0) is 0 Å². The highest BCUT2D eigenvalue weighted by atomic mass is 16.6. The summed E-state index contributed by atoms with van der Waals surface area (Å²) >= 11 is 0. The molecule has 7 heteroatoms. The number of hydrogen-bond acceptors (Lipinski definition) is 6. The van der Waals surface area contributed by atoms with Gasteiger partial charge in [0.25, 0.3) is 5.69 Å². The van der Waals surface area contributed by atoms with E-state index < -0.39 is 16.5 Å². The minimum Gasteiger partial charge on any atom is -0.423 e. The molecule has 3 rings (SSSR count). The first-order valence-corrected chi connectivity index (χ1v) is 6.95. The second kappa shape index (κ2) is 5.96. The maximum atomic E-state index is 12.2. The molecule has 1 aromatic heterocycles. The second-order valence-corrected chi connectivity index (χ2v) is 5.10. The van der Waals surface area contributed by atoms with E-state index in [1.54, 1.807) is 25.1 Å². The third kappa shape index (κ3) is 3.00. The van der Waals surface area contributed by atoms with Gasteiger partial charge in [0, 0.05) is 29.1 Å². The van der Waals surface area contributed by atoms with Gasteiger partial charge in [-0.2, -0.15) is 0 Å². The molecule has 0 fully saturated rings. The number of nitrogens with zero attached hydrogens (tertiary/aromatic N) is 1. The molecular formula is C17H11NO6. The predicted octanol–water partition coefficient (Wildman–Crippen LogP) is 3.23. The Morgan fingerprint density at radius 2 is 1.88 bits per heavy atom. The molecule has 0 bridgehead atoms. The van der Waals surface area contributed by atoms with Crippen molar-refractivity contribution in [3.63, 3.8) is 0 Å². The van der Waals surface area contributed by atoms with E-state index in [9.17, 15) is 19.7 Å². The fourth-order valence-corrected chi connectivity index (χ4v) is 2.26. The highest BCUT2D eigenvalue weighted by Gasteiger charge is 2.15. The molecule has 24 heavy (non-hydrogen) atoms. The highest BCUT2D eigenvalue weighted by molar-refractivity contribution is 5.92. The van der Waals surface area contributed by atoms with Gasteiger partial charge in [0.1, 0.15) is 11.3 Å². The van der Waals surface area contributed by atoms with E-state index in [-0.39, 0.29) is 17.0 Å². The van der Waals surface area contributed by atoms with Gasteiger partial charge in [0.15, 0.2) is 0 Å². The zero-order valence-electron chi connectivity index (χ0n) is 12.5. The number of nitro benzene ring substituents is 1. The Morgan fingerprint density at radius 3 is 2.58 bits per heavy atom. The van der Waals surface area contributed by atoms with E-state index in [4.69, 9.17) is 9.15 Å². The van der Waals surface area contributed by atoms with Crippen LogP contribution in [0.5, 0.6) is 5.75 Å². The van der Waals surface area contributed by atoms with Gasteiger partial charge in [0.05, 0.1) is 10.5 Å². The molecule has 0 radical (unpaired) electrons. The molecule has 0 unspecified atom stereocenters. The van der Waals surface area contributed by atoms with E-state index in [2.05, 4.69) is 0 Å². The summed E-state index contributed by atoms with van der Waals surface area (Å²) < 4.78 is 10.3. The van der Waals surface area contributed by atoms with Crippen LogP contribution in [0.2, 0.25) is 0 Å². The first-order valence-electron chi connectivity index (χ1n) is 6.95. The van der Waals surface area contributed by atoms with Crippen molar-refractivity contribution in [3.8, 4) is 5.75 Å². The molecule has 0 atom stereocenters. The van der Waals surface area contributed by atoms with E-state index in [1.165, 1.54) is 30.3 Å². The first kappa shape index (κ1) is 15.4. The summed E-state index contributed by atoms with van der Waals surface area (Å²) in [6.07, 6.45) is 0. The fraction of sp³-hybridized carbons (Fsp3) is 0.0588. The van der Waals surface area contributed by atoms with Crippen molar-refractivity contribution in [2.24, 2.45) is 0 Å². The van der Waals surface area contributed by atoms with Crippen molar-refractivity contribution >= 4 is 22.6 Å². The van der Waals surface area contributed by atoms with Crippen LogP contribution < -0.4 is 10.4 Å². The van der Waals surface area contributed by atoms with E-state index in [0.29, 0.717) is 16.5 Å². The Bertz CT molecular complexity index is 1020. The molecule has 1 heterocycles. The topological polar surface area (TPSA) is 99.7 Å². The summed E-state index contributed by atoms with van der Waals surface area (Å²) in [7, 11) is 0. The van der Waals surface area contributed by atoms with Crippen LogP contribution in [-0.4, -0.2) is 10.9 Å². The maximum Gasteiger partial charge on any atom is 0.343 e. The van der Waals surface area contributed by atoms with Crippen molar-refractivity contribution in [3.05, 3.63) is 80.2 Å². The van der Waals surface area contributed by atoms with E-state index in [0.717, 1.165) is 0 Å². The van der Waals surface area contributed by atoms with Crippen LogP contribution in [0.15, 0.2) is 57.7 Å². The zero-order valence-corrected chi connectivity index (χ0v) is 12.5. The summed E-state index contributed by atoms with van der Waals surface area (Å²) in [6.45, 7) is 1.54. The van der Waals surface area contributed by atoms with Gasteiger partial charge in [-0.05, 0) is 37.3 Å². The number of benzene rings is 2.